The number of nitrogens with one attached hydrogen (secondary N) is 2. The number of hydrogen-bond donors (Lipinski definition) is 2. The normalized spacial score (nSPS) is 11.4. The summed E-state index contributed by atoms with van der Waals surface area (Å²) < 4.78 is 7.79. The summed E-state index contributed by atoms with van der Waals surface area (Å²) in [7, 11) is 1.75. The summed E-state index contributed by atoms with van der Waals surface area (Å²) in [6.45, 7) is 1.71. The molecule has 30 heavy (non-hydrogen) atoms. The first kappa shape index (κ1) is 19.4. The number of hydrogen-bond acceptors (Lipinski definition) is 4. The first-order chi connectivity index (χ1) is 14.8. The number of aromatic nitrogens is 3. The molecule has 0 spiro atoms. The molecule has 0 saturated heterocycles. The fourth-order valence-electron chi connectivity index (χ4n) is 3.09. The van der Waals surface area contributed by atoms with Gasteiger partial charge in [0.2, 0.25) is 0 Å². The van der Waals surface area contributed by atoms with E-state index >= 15 is 0 Å². The molecule has 0 atom stereocenters. The average Bonchev–Trinajstić information content (AvgIpc) is 3.22. The molecule has 7 heteroatoms. The van der Waals surface area contributed by atoms with Crippen molar-refractivity contribution in [3.05, 3.63) is 95.9 Å². The van der Waals surface area contributed by atoms with Crippen molar-refractivity contribution in [1.82, 2.24) is 25.2 Å². The van der Waals surface area contributed by atoms with Crippen molar-refractivity contribution >= 4 is 11.6 Å². The van der Waals surface area contributed by atoms with Crippen LogP contribution in [-0.2, 0) is 19.7 Å². The van der Waals surface area contributed by atoms with Crippen LogP contribution in [-0.4, -0.2) is 27.6 Å². The second-order valence-electron chi connectivity index (χ2n) is 6.75. The zero-order chi connectivity index (χ0) is 20.6. The lowest BCUT2D eigenvalue weighted by Gasteiger charge is -2.12. The van der Waals surface area contributed by atoms with Crippen LogP contribution in [0.1, 0.15) is 17.0 Å². The molecule has 0 aliphatic heterocycles. The number of fused-ring (bicyclic) bond motifs is 1. The Balaban J connectivity index is 1.30. The molecule has 0 aliphatic rings. The van der Waals surface area contributed by atoms with E-state index in [2.05, 4.69) is 44.0 Å². The van der Waals surface area contributed by atoms with Crippen molar-refractivity contribution in [1.29, 1.82) is 0 Å². The van der Waals surface area contributed by atoms with Gasteiger partial charge >= 0.3 is 0 Å². The van der Waals surface area contributed by atoms with E-state index in [1.807, 2.05) is 65.2 Å². The number of benzene rings is 2. The minimum absolute atomic E-state index is 0.524. The molecule has 152 valence electrons. The summed E-state index contributed by atoms with van der Waals surface area (Å²) in [5, 5.41) is 15.0. The van der Waals surface area contributed by atoms with Gasteiger partial charge in [-0.3, -0.25) is 9.39 Å². The molecule has 2 N–H and O–H groups in total. The minimum Gasteiger partial charge on any atom is -0.489 e. The topological polar surface area (TPSA) is 75.8 Å². The molecule has 0 radical (unpaired) electrons. The highest BCUT2D eigenvalue weighted by atomic mass is 16.5. The fourth-order valence-corrected chi connectivity index (χ4v) is 3.09. The van der Waals surface area contributed by atoms with Gasteiger partial charge < -0.3 is 15.4 Å². The van der Waals surface area contributed by atoms with Crippen molar-refractivity contribution in [3.63, 3.8) is 0 Å². The third kappa shape index (κ3) is 4.94. The number of aliphatic imine (C=N–C) groups is 1. The van der Waals surface area contributed by atoms with E-state index in [1.165, 1.54) is 0 Å². The molecule has 4 rings (SSSR count). The summed E-state index contributed by atoms with van der Waals surface area (Å²) in [6.07, 6.45) is 1.95. The number of guanidine groups is 1. The molecule has 0 amide bonds. The van der Waals surface area contributed by atoms with Gasteiger partial charge in [0.25, 0.3) is 0 Å². The number of ether oxygens (including phenoxy) is 1. The molecule has 0 aliphatic carbocycles. The Morgan fingerprint density at radius 2 is 1.70 bits per heavy atom. The molecule has 2 heterocycles. The molecule has 2 aromatic heterocycles. The van der Waals surface area contributed by atoms with Crippen molar-refractivity contribution in [2.75, 3.05) is 7.05 Å². The highest BCUT2D eigenvalue weighted by Crippen LogP contribution is 2.12. The lowest BCUT2D eigenvalue weighted by Crippen LogP contribution is -2.36. The molecule has 2 aromatic carbocycles. The van der Waals surface area contributed by atoms with Crippen LogP contribution >= 0.6 is 0 Å². The summed E-state index contributed by atoms with van der Waals surface area (Å²) in [5.74, 6) is 2.40. The molecule has 0 fully saturated rings. The molecule has 0 bridgehead atoms. The van der Waals surface area contributed by atoms with Gasteiger partial charge in [0, 0.05) is 19.8 Å². The van der Waals surface area contributed by atoms with Gasteiger partial charge in [-0.25, -0.2) is 0 Å². The van der Waals surface area contributed by atoms with Crippen LogP contribution in [0.3, 0.4) is 0 Å². The number of nitrogens with zero attached hydrogens (tertiary/aromatic N) is 4. The van der Waals surface area contributed by atoms with Crippen molar-refractivity contribution < 1.29 is 4.74 Å². The highest BCUT2D eigenvalue weighted by Gasteiger charge is 2.06. The van der Waals surface area contributed by atoms with Crippen LogP contribution in [0, 0.1) is 0 Å². The Kier molecular flexibility index (Phi) is 6.19. The summed E-state index contributed by atoms with van der Waals surface area (Å²) in [6, 6.07) is 24.0. The molecule has 0 saturated carbocycles. The zero-order valence-corrected chi connectivity index (χ0v) is 16.8. The molecule has 7 nitrogen and oxygen atoms in total. The van der Waals surface area contributed by atoms with E-state index in [-0.39, 0.29) is 0 Å². The lowest BCUT2D eigenvalue weighted by molar-refractivity contribution is 0.306. The Bertz CT molecular complexity index is 1120. The van der Waals surface area contributed by atoms with Gasteiger partial charge in [-0.05, 0) is 35.4 Å². The van der Waals surface area contributed by atoms with Crippen molar-refractivity contribution in [2.24, 2.45) is 4.99 Å². The Morgan fingerprint density at radius 3 is 2.57 bits per heavy atom. The van der Waals surface area contributed by atoms with E-state index in [1.54, 1.807) is 7.05 Å². The quantitative estimate of drug-likeness (QED) is 0.368. The van der Waals surface area contributed by atoms with Crippen LogP contribution in [0.15, 0.2) is 84.0 Å². The Labute approximate surface area is 175 Å². The van der Waals surface area contributed by atoms with Gasteiger partial charge in [-0.15, -0.1) is 10.2 Å². The maximum absolute atomic E-state index is 5.84. The van der Waals surface area contributed by atoms with Gasteiger partial charge in [-0.2, -0.15) is 0 Å². The van der Waals surface area contributed by atoms with E-state index < -0.39 is 0 Å². The average molecular weight is 400 g/mol. The first-order valence-corrected chi connectivity index (χ1v) is 9.80. The van der Waals surface area contributed by atoms with Crippen LogP contribution < -0.4 is 15.4 Å². The fraction of sp³-hybridized carbons (Fsp3) is 0.174. The standard InChI is InChI=1S/C23H24N6O/c1-24-23(26-16-22-28-27-21-12-5-6-13-29(21)22)25-15-18-8-7-9-19(14-18)17-30-20-10-3-2-4-11-20/h2-14H,15-17H2,1H3,(H2,24,25,26). The van der Waals surface area contributed by atoms with E-state index in [0.29, 0.717) is 25.7 Å². The summed E-state index contributed by atoms with van der Waals surface area (Å²) >= 11 is 0. The lowest BCUT2D eigenvalue weighted by atomic mass is 10.1. The highest BCUT2D eigenvalue weighted by molar-refractivity contribution is 5.79. The van der Waals surface area contributed by atoms with Crippen molar-refractivity contribution in [3.8, 4) is 5.75 Å². The minimum atomic E-state index is 0.524. The third-order valence-electron chi connectivity index (χ3n) is 4.62. The molecular weight excluding hydrogens is 376 g/mol. The maximum atomic E-state index is 5.84. The number of rotatable bonds is 7. The predicted octanol–water partition coefficient (Wildman–Crippen LogP) is 3.17. The zero-order valence-electron chi connectivity index (χ0n) is 16.8. The van der Waals surface area contributed by atoms with Crippen LogP contribution in [0.2, 0.25) is 0 Å². The first-order valence-electron chi connectivity index (χ1n) is 9.80. The van der Waals surface area contributed by atoms with Crippen molar-refractivity contribution in [2.45, 2.75) is 19.7 Å². The van der Waals surface area contributed by atoms with Crippen LogP contribution in [0.4, 0.5) is 0 Å². The smallest absolute Gasteiger partial charge is 0.191 e. The maximum Gasteiger partial charge on any atom is 0.191 e. The van der Waals surface area contributed by atoms with Gasteiger partial charge in [0.15, 0.2) is 17.4 Å². The van der Waals surface area contributed by atoms with Gasteiger partial charge in [-0.1, -0.05) is 48.5 Å². The van der Waals surface area contributed by atoms with Crippen LogP contribution in [0.5, 0.6) is 5.75 Å². The molecule has 4 aromatic rings. The van der Waals surface area contributed by atoms with Crippen LogP contribution in [0.25, 0.3) is 5.65 Å². The van der Waals surface area contributed by atoms with Gasteiger partial charge in [0.1, 0.15) is 12.4 Å². The molecule has 0 unspecified atom stereocenters. The number of para-hydroxylation sites is 1. The monoisotopic (exact) mass is 400 g/mol. The largest absolute Gasteiger partial charge is 0.489 e. The molecular formula is C23H24N6O. The van der Waals surface area contributed by atoms with E-state index in [4.69, 9.17) is 4.74 Å². The Morgan fingerprint density at radius 1 is 0.900 bits per heavy atom. The number of pyridine rings is 1. The predicted molar refractivity (Wildman–Crippen MR) is 117 cm³/mol. The Hall–Kier alpha value is -3.87. The summed E-state index contributed by atoms with van der Waals surface area (Å²) in [4.78, 5) is 4.29. The third-order valence-corrected chi connectivity index (χ3v) is 4.62. The summed E-state index contributed by atoms with van der Waals surface area (Å²) in [5.41, 5.74) is 3.10. The second-order valence-corrected chi connectivity index (χ2v) is 6.75. The van der Waals surface area contributed by atoms with E-state index in [0.717, 1.165) is 28.3 Å². The second kappa shape index (κ2) is 9.56. The van der Waals surface area contributed by atoms with Gasteiger partial charge in [0.05, 0.1) is 6.54 Å². The SMILES string of the molecule is CN=C(NCc1cccc(COc2ccccc2)c1)NCc1nnc2ccccn12. The van der Waals surface area contributed by atoms with E-state index in [9.17, 15) is 0 Å².